The minimum atomic E-state index is -4.49. The summed E-state index contributed by atoms with van der Waals surface area (Å²) in [6.45, 7) is 0.874. The molecule has 12 heteroatoms. The van der Waals surface area contributed by atoms with Gasteiger partial charge in [0.15, 0.2) is 17.2 Å². The van der Waals surface area contributed by atoms with Gasteiger partial charge in [-0.1, -0.05) is 24.3 Å². The molecule has 0 spiro atoms. The minimum Gasteiger partial charge on any atom is -0.333 e. The normalized spacial score (nSPS) is 16.3. The fraction of sp³-hybridized carbons (Fsp3) is 0.320. The van der Waals surface area contributed by atoms with Crippen LogP contribution in [-0.2, 0) is 24.6 Å². The fourth-order valence-corrected chi connectivity index (χ4v) is 4.39. The number of alkyl halides is 3. The highest BCUT2D eigenvalue weighted by atomic mass is 19.4. The molecule has 190 valence electrons. The predicted molar refractivity (Wildman–Crippen MR) is 130 cm³/mol. The smallest absolute Gasteiger partial charge is 0.333 e. The van der Waals surface area contributed by atoms with Crippen LogP contribution in [0.1, 0.15) is 29.9 Å². The number of benzene rings is 1. The number of rotatable bonds is 6. The maximum atomic E-state index is 13.0. The van der Waals surface area contributed by atoms with Crippen molar-refractivity contribution in [3.05, 3.63) is 66.1 Å². The van der Waals surface area contributed by atoms with Crippen LogP contribution in [0.3, 0.4) is 0 Å². The second-order valence-corrected chi connectivity index (χ2v) is 9.13. The third-order valence-corrected chi connectivity index (χ3v) is 6.46. The number of hydrogen-bond donors (Lipinski definition) is 0. The van der Waals surface area contributed by atoms with E-state index < -0.39 is 11.9 Å². The summed E-state index contributed by atoms with van der Waals surface area (Å²) in [5.74, 6) is 1.24. The lowest BCUT2D eigenvalue weighted by atomic mass is 10.1. The van der Waals surface area contributed by atoms with Crippen molar-refractivity contribution in [2.45, 2.75) is 25.6 Å². The zero-order valence-corrected chi connectivity index (χ0v) is 20.1. The zero-order valence-electron chi connectivity index (χ0n) is 20.1. The van der Waals surface area contributed by atoms with Crippen LogP contribution in [0, 0.1) is 5.92 Å². The number of allylic oxidation sites excluding steroid dienone is 1. The van der Waals surface area contributed by atoms with Gasteiger partial charge in [-0.25, -0.2) is 24.7 Å². The second-order valence-electron chi connectivity index (χ2n) is 9.13. The number of aryl methyl sites for hydroxylation is 1. The van der Waals surface area contributed by atoms with Crippen molar-refractivity contribution in [3.63, 3.8) is 0 Å². The Balaban J connectivity index is 1.28. The monoisotopic (exact) mass is 508 g/mol. The lowest BCUT2D eigenvalue weighted by Gasteiger charge is -2.23. The summed E-state index contributed by atoms with van der Waals surface area (Å²) in [5, 5.41) is 6.94. The van der Waals surface area contributed by atoms with Crippen molar-refractivity contribution in [3.8, 4) is 11.4 Å². The van der Waals surface area contributed by atoms with E-state index in [0.717, 1.165) is 41.3 Å². The molecule has 0 atom stereocenters. The number of halogens is 3. The molecular weight excluding hydrogens is 485 g/mol. The Labute approximate surface area is 209 Å². The van der Waals surface area contributed by atoms with E-state index in [1.54, 1.807) is 48.4 Å². The van der Waals surface area contributed by atoms with Crippen LogP contribution in [0.15, 0.2) is 54.0 Å². The van der Waals surface area contributed by atoms with E-state index in [1.807, 2.05) is 18.3 Å². The van der Waals surface area contributed by atoms with E-state index in [-0.39, 0.29) is 5.82 Å². The van der Waals surface area contributed by atoms with Crippen LogP contribution >= 0.6 is 0 Å². The number of aliphatic imine (C=N–C) groups is 1. The Morgan fingerprint density at radius 2 is 1.86 bits per heavy atom. The number of imidazole rings is 1. The highest BCUT2D eigenvalue weighted by Crippen LogP contribution is 2.37. The topological polar surface area (TPSA) is 86.2 Å². The van der Waals surface area contributed by atoms with Gasteiger partial charge in [-0.2, -0.15) is 18.3 Å². The minimum absolute atomic E-state index is 0.250. The van der Waals surface area contributed by atoms with Gasteiger partial charge in [0.2, 0.25) is 0 Å². The molecule has 2 aliphatic rings. The molecule has 1 saturated carbocycles. The van der Waals surface area contributed by atoms with Crippen LogP contribution in [0.2, 0.25) is 0 Å². The lowest BCUT2D eigenvalue weighted by molar-refractivity contribution is -0.140. The SMILES string of the molecule is CON1C=C(c2ncc3cnn(Cc4ccc(-c5nc(C(F)(F)F)cn5C)cc4)c3n2)C(C2CC2)=NC1. The first-order valence-electron chi connectivity index (χ1n) is 11.8. The molecule has 0 saturated heterocycles. The van der Waals surface area contributed by atoms with Crippen LogP contribution in [0.25, 0.3) is 28.0 Å². The molecule has 37 heavy (non-hydrogen) atoms. The molecule has 3 aromatic heterocycles. The summed E-state index contributed by atoms with van der Waals surface area (Å²) >= 11 is 0. The van der Waals surface area contributed by atoms with Crippen LogP contribution in [0.5, 0.6) is 0 Å². The molecule has 1 aliphatic carbocycles. The Hall–Kier alpha value is -4.06. The number of nitrogens with zero attached hydrogens (tertiary/aromatic N) is 8. The molecule has 0 N–H and O–H groups in total. The van der Waals surface area contributed by atoms with Gasteiger partial charge in [0.25, 0.3) is 0 Å². The molecule has 4 aromatic rings. The van der Waals surface area contributed by atoms with E-state index in [4.69, 9.17) is 14.8 Å². The van der Waals surface area contributed by atoms with E-state index >= 15 is 0 Å². The Bertz CT molecular complexity index is 1530. The van der Waals surface area contributed by atoms with Crippen molar-refractivity contribution in [1.29, 1.82) is 0 Å². The number of hydroxylamine groups is 2. The first-order valence-corrected chi connectivity index (χ1v) is 11.8. The second kappa shape index (κ2) is 8.80. The van der Waals surface area contributed by atoms with Gasteiger partial charge in [0.1, 0.15) is 12.5 Å². The van der Waals surface area contributed by atoms with Crippen LogP contribution in [-0.4, -0.2) is 53.9 Å². The van der Waals surface area contributed by atoms with E-state index in [1.165, 1.54) is 4.57 Å². The summed E-state index contributed by atoms with van der Waals surface area (Å²) in [6.07, 6.45) is 4.07. The summed E-state index contributed by atoms with van der Waals surface area (Å²) in [6, 6.07) is 7.22. The molecule has 1 aromatic carbocycles. The van der Waals surface area contributed by atoms with E-state index in [9.17, 15) is 13.2 Å². The molecule has 1 aliphatic heterocycles. The average Bonchev–Trinajstić information content (AvgIpc) is 3.55. The Morgan fingerprint density at radius 3 is 2.54 bits per heavy atom. The molecule has 1 fully saturated rings. The van der Waals surface area contributed by atoms with Gasteiger partial charge in [0, 0.05) is 37.1 Å². The van der Waals surface area contributed by atoms with Crippen molar-refractivity contribution < 1.29 is 18.0 Å². The highest BCUT2D eigenvalue weighted by Gasteiger charge is 2.35. The maximum absolute atomic E-state index is 13.0. The molecule has 0 radical (unpaired) electrons. The van der Waals surface area contributed by atoms with E-state index in [2.05, 4.69) is 15.1 Å². The standard InChI is InChI=1S/C25H23F3N8O/c1-34-13-20(25(26,27)28)32-23(34)17-5-3-15(4-6-17)11-36-24-18(10-31-36)9-29-22(33-24)19-12-35(37-2)14-30-21(19)16-7-8-16/h3-6,9-10,12-13,16H,7-8,11,14H2,1-2H3. The Kier molecular flexibility index (Phi) is 5.55. The molecule has 6 rings (SSSR count). The van der Waals surface area contributed by atoms with Gasteiger partial charge in [-0.15, -0.1) is 0 Å². The molecule has 0 amide bonds. The number of hydrogen-bond acceptors (Lipinski definition) is 7. The van der Waals surface area contributed by atoms with E-state index in [0.29, 0.717) is 36.2 Å². The predicted octanol–water partition coefficient (Wildman–Crippen LogP) is 4.32. The largest absolute Gasteiger partial charge is 0.434 e. The summed E-state index contributed by atoms with van der Waals surface area (Å²) < 4.78 is 42.3. The number of fused-ring (bicyclic) bond motifs is 1. The Morgan fingerprint density at radius 1 is 1.08 bits per heavy atom. The van der Waals surface area contributed by atoms with Gasteiger partial charge in [-0.3, -0.25) is 9.83 Å². The van der Waals surface area contributed by atoms with Crippen molar-refractivity contribution in [2.24, 2.45) is 18.0 Å². The van der Waals surface area contributed by atoms with Gasteiger partial charge < -0.3 is 4.57 Å². The van der Waals surface area contributed by atoms with Crippen molar-refractivity contribution >= 4 is 22.3 Å². The van der Waals surface area contributed by atoms with Crippen molar-refractivity contribution in [2.75, 3.05) is 13.8 Å². The van der Waals surface area contributed by atoms with Crippen LogP contribution in [0.4, 0.5) is 13.2 Å². The van der Waals surface area contributed by atoms with Gasteiger partial charge >= 0.3 is 6.18 Å². The van der Waals surface area contributed by atoms with Gasteiger partial charge in [0.05, 0.1) is 36.5 Å². The fourth-order valence-electron chi connectivity index (χ4n) is 4.39. The number of aromatic nitrogens is 6. The van der Waals surface area contributed by atoms with Crippen molar-refractivity contribution in [1.82, 2.24) is 34.4 Å². The summed E-state index contributed by atoms with van der Waals surface area (Å²) in [4.78, 5) is 23.2. The molecule has 4 heterocycles. The highest BCUT2D eigenvalue weighted by molar-refractivity contribution is 6.25. The average molecular weight is 509 g/mol. The maximum Gasteiger partial charge on any atom is 0.434 e. The first kappa shape index (κ1) is 23.3. The quantitative estimate of drug-likeness (QED) is 0.386. The van der Waals surface area contributed by atoms with Crippen LogP contribution < -0.4 is 0 Å². The third-order valence-electron chi connectivity index (χ3n) is 6.46. The molecule has 0 unspecified atom stereocenters. The lowest BCUT2D eigenvalue weighted by Crippen LogP contribution is -2.25. The third kappa shape index (κ3) is 4.48. The molecular formula is C25H23F3N8O. The van der Waals surface area contributed by atoms with Gasteiger partial charge in [-0.05, 0) is 18.4 Å². The first-order chi connectivity index (χ1) is 17.8. The molecule has 9 nitrogen and oxygen atoms in total. The zero-order chi connectivity index (χ0) is 25.7. The summed E-state index contributed by atoms with van der Waals surface area (Å²) in [7, 11) is 3.14. The molecule has 0 bridgehead atoms. The summed E-state index contributed by atoms with van der Waals surface area (Å²) in [5.41, 5.74) is 3.14.